The van der Waals surface area contributed by atoms with Crippen molar-refractivity contribution in [2.24, 2.45) is 0 Å². The lowest BCUT2D eigenvalue weighted by Crippen LogP contribution is -2.29. The van der Waals surface area contributed by atoms with Crippen molar-refractivity contribution in [3.63, 3.8) is 0 Å². The van der Waals surface area contributed by atoms with Crippen LogP contribution in [0.3, 0.4) is 0 Å². The summed E-state index contributed by atoms with van der Waals surface area (Å²) >= 11 is 1.60. The van der Waals surface area contributed by atoms with Crippen LogP contribution in [0.5, 0.6) is 5.88 Å². The van der Waals surface area contributed by atoms with Gasteiger partial charge in [0.15, 0.2) is 5.13 Å². The molecule has 1 saturated carbocycles. The Morgan fingerprint density at radius 3 is 2.94 bits per heavy atom. The standard InChI is InChI=1S/C23H27N5O2S/c1-3-21(29)27-10-8-17(14-27)30-22-18-9-11-28(16-6-4-5-7-16)19(18)12-20(25-22)26-23-24-13-15(2)31-23/h3,9,11-13,16-17H,1,4-8,10,14H2,2H3,(H,24,25,26). The van der Waals surface area contributed by atoms with Crippen molar-refractivity contribution in [3.8, 4) is 5.88 Å². The van der Waals surface area contributed by atoms with Gasteiger partial charge >= 0.3 is 0 Å². The summed E-state index contributed by atoms with van der Waals surface area (Å²) in [4.78, 5) is 24.1. The molecule has 1 atom stereocenters. The number of aromatic nitrogens is 3. The lowest BCUT2D eigenvalue weighted by atomic mass is 10.2. The zero-order chi connectivity index (χ0) is 21.4. The van der Waals surface area contributed by atoms with Crippen molar-refractivity contribution < 1.29 is 9.53 Å². The first-order valence-corrected chi connectivity index (χ1v) is 11.7. The second kappa shape index (κ2) is 8.34. The molecule has 0 radical (unpaired) electrons. The molecule has 1 amide bonds. The van der Waals surface area contributed by atoms with Crippen LogP contribution in [0.25, 0.3) is 10.9 Å². The predicted molar refractivity (Wildman–Crippen MR) is 123 cm³/mol. The molecule has 1 saturated heterocycles. The minimum Gasteiger partial charge on any atom is -0.472 e. The van der Waals surface area contributed by atoms with Gasteiger partial charge in [-0.15, -0.1) is 11.3 Å². The second-order valence-corrected chi connectivity index (χ2v) is 9.56. The van der Waals surface area contributed by atoms with Gasteiger partial charge in [0.25, 0.3) is 0 Å². The van der Waals surface area contributed by atoms with E-state index in [1.54, 1.807) is 16.2 Å². The van der Waals surface area contributed by atoms with E-state index in [0.717, 1.165) is 33.2 Å². The van der Waals surface area contributed by atoms with Crippen molar-refractivity contribution in [1.82, 2.24) is 19.4 Å². The topological polar surface area (TPSA) is 72.3 Å². The highest BCUT2D eigenvalue weighted by molar-refractivity contribution is 7.15. The summed E-state index contributed by atoms with van der Waals surface area (Å²) in [7, 11) is 0. The van der Waals surface area contributed by atoms with Crippen LogP contribution in [0, 0.1) is 6.92 Å². The van der Waals surface area contributed by atoms with E-state index in [9.17, 15) is 4.79 Å². The Balaban J connectivity index is 1.48. The van der Waals surface area contributed by atoms with Gasteiger partial charge in [0, 0.05) is 42.3 Å². The molecule has 1 N–H and O–H groups in total. The van der Waals surface area contributed by atoms with Gasteiger partial charge < -0.3 is 19.5 Å². The third-order valence-corrected chi connectivity index (χ3v) is 6.99. The number of amides is 1. The predicted octanol–water partition coefficient (Wildman–Crippen LogP) is 4.83. The van der Waals surface area contributed by atoms with Gasteiger partial charge in [-0.2, -0.15) is 4.98 Å². The molecule has 0 spiro atoms. The largest absolute Gasteiger partial charge is 0.472 e. The highest BCUT2D eigenvalue weighted by atomic mass is 32.1. The Hall–Kier alpha value is -2.87. The molecule has 2 aliphatic rings. The molecule has 3 aromatic heterocycles. The van der Waals surface area contributed by atoms with Crippen molar-refractivity contribution in [1.29, 1.82) is 0 Å². The Bertz CT molecular complexity index is 1110. The van der Waals surface area contributed by atoms with Crippen LogP contribution in [-0.2, 0) is 4.79 Å². The molecule has 3 aromatic rings. The van der Waals surface area contributed by atoms with Crippen LogP contribution in [0.1, 0.15) is 43.0 Å². The van der Waals surface area contributed by atoms with E-state index in [1.807, 2.05) is 13.1 Å². The zero-order valence-corrected chi connectivity index (χ0v) is 18.5. The molecule has 1 unspecified atom stereocenters. The Labute approximate surface area is 185 Å². The van der Waals surface area contributed by atoms with Crippen LogP contribution in [0.15, 0.2) is 37.2 Å². The number of hydrogen-bond donors (Lipinski definition) is 1. The quantitative estimate of drug-likeness (QED) is 0.560. The van der Waals surface area contributed by atoms with Gasteiger partial charge in [-0.1, -0.05) is 19.4 Å². The number of ether oxygens (including phenoxy) is 1. The van der Waals surface area contributed by atoms with Gasteiger partial charge in [0.05, 0.1) is 17.4 Å². The van der Waals surface area contributed by atoms with E-state index in [-0.39, 0.29) is 12.0 Å². The average Bonchev–Trinajstić information content (AvgIpc) is 3.54. The highest BCUT2D eigenvalue weighted by Gasteiger charge is 2.28. The number of aryl methyl sites for hydroxylation is 1. The van der Waals surface area contributed by atoms with Crippen LogP contribution in [-0.4, -0.2) is 44.5 Å². The SMILES string of the molecule is C=CC(=O)N1CCC(Oc2nc(Nc3ncc(C)s3)cc3c2ccn3C2CCCC2)C1. The highest BCUT2D eigenvalue weighted by Crippen LogP contribution is 2.37. The zero-order valence-electron chi connectivity index (χ0n) is 17.7. The number of hydrogen-bond acceptors (Lipinski definition) is 6. The molecule has 8 heteroatoms. The molecule has 4 heterocycles. The number of fused-ring (bicyclic) bond motifs is 1. The summed E-state index contributed by atoms with van der Waals surface area (Å²) in [6.45, 7) is 6.86. The van der Waals surface area contributed by atoms with E-state index in [1.165, 1.54) is 31.8 Å². The lowest BCUT2D eigenvalue weighted by Gasteiger charge is -2.18. The van der Waals surface area contributed by atoms with Gasteiger partial charge in [-0.05, 0) is 31.9 Å². The summed E-state index contributed by atoms with van der Waals surface area (Å²) in [6, 6.07) is 4.73. The summed E-state index contributed by atoms with van der Waals surface area (Å²) in [5.41, 5.74) is 1.13. The van der Waals surface area contributed by atoms with Crippen LogP contribution >= 0.6 is 11.3 Å². The number of nitrogens with zero attached hydrogens (tertiary/aromatic N) is 4. The monoisotopic (exact) mass is 437 g/mol. The maximum atomic E-state index is 12.0. The first kappa shape index (κ1) is 20.1. The third-order valence-electron chi connectivity index (χ3n) is 6.17. The molecule has 5 rings (SSSR count). The Kier molecular flexibility index (Phi) is 5.40. The van der Waals surface area contributed by atoms with Crippen molar-refractivity contribution >= 4 is 39.1 Å². The number of rotatable bonds is 6. The first-order valence-electron chi connectivity index (χ1n) is 10.9. The van der Waals surface area contributed by atoms with Gasteiger partial charge in [0.2, 0.25) is 11.8 Å². The van der Waals surface area contributed by atoms with Crippen LogP contribution in [0.2, 0.25) is 0 Å². The number of anilines is 2. The molecule has 7 nitrogen and oxygen atoms in total. The minimum absolute atomic E-state index is 0.0499. The number of nitrogens with one attached hydrogen (secondary N) is 1. The molecule has 162 valence electrons. The van der Waals surface area contributed by atoms with E-state index < -0.39 is 0 Å². The molecule has 31 heavy (non-hydrogen) atoms. The number of thiazole rings is 1. The number of carbonyl (C=O) groups excluding carboxylic acids is 1. The maximum absolute atomic E-state index is 12.0. The van der Waals surface area contributed by atoms with Crippen molar-refractivity contribution in [3.05, 3.63) is 42.1 Å². The Morgan fingerprint density at radius 2 is 2.19 bits per heavy atom. The van der Waals surface area contributed by atoms with Gasteiger partial charge in [-0.25, -0.2) is 4.98 Å². The fourth-order valence-corrected chi connectivity index (χ4v) is 5.28. The van der Waals surface area contributed by atoms with Gasteiger partial charge in [0.1, 0.15) is 11.9 Å². The maximum Gasteiger partial charge on any atom is 0.246 e. The van der Waals surface area contributed by atoms with Crippen molar-refractivity contribution in [2.45, 2.75) is 51.2 Å². The molecule has 1 aliphatic heterocycles. The van der Waals surface area contributed by atoms with Gasteiger partial charge in [-0.3, -0.25) is 4.79 Å². The van der Waals surface area contributed by atoms with Crippen LogP contribution in [0.4, 0.5) is 10.9 Å². The Morgan fingerprint density at radius 1 is 1.35 bits per heavy atom. The van der Waals surface area contributed by atoms with E-state index in [0.29, 0.717) is 25.0 Å². The fraction of sp³-hybridized carbons (Fsp3) is 0.435. The number of pyridine rings is 1. The number of likely N-dealkylation sites (tertiary alicyclic amines) is 1. The lowest BCUT2D eigenvalue weighted by molar-refractivity contribution is -0.125. The minimum atomic E-state index is -0.0770. The summed E-state index contributed by atoms with van der Waals surface area (Å²) in [5, 5.41) is 5.18. The first-order chi connectivity index (χ1) is 15.1. The molecule has 2 fully saturated rings. The second-order valence-electron chi connectivity index (χ2n) is 8.32. The van der Waals surface area contributed by atoms with Crippen LogP contribution < -0.4 is 10.1 Å². The third kappa shape index (κ3) is 4.04. The van der Waals surface area contributed by atoms with E-state index in [2.05, 4.69) is 39.8 Å². The average molecular weight is 438 g/mol. The normalized spacial score (nSPS) is 19.3. The number of carbonyl (C=O) groups is 1. The molecule has 0 aromatic carbocycles. The summed E-state index contributed by atoms with van der Waals surface area (Å²) in [6.07, 6.45) is 11.1. The molecule has 1 aliphatic carbocycles. The summed E-state index contributed by atoms with van der Waals surface area (Å²) in [5.74, 6) is 1.29. The van der Waals surface area contributed by atoms with E-state index in [4.69, 9.17) is 9.72 Å². The smallest absolute Gasteiger partial charge is 0.246 e. The summed E-state index contributed by atoms with van der Waals surface area (Å²) < 4.78 is 8.74. The molecule has 0 bridgehead atoms. The van der Waals surface area contributed by atoms with Crippen molar-refractivity contribution in [2.75, 3.05) is 18.4 Å². The van der Waals surface area contributed by atoms with E-state index >= 15 is 0 Å². The molecular weight excluding hydrogens is 410 g/mol. The fourth-order valence-electron chi connectivity index (χ4n) is 4.61. The molecular formula is C23H27N5O2S.